The first-order chi connectivity index (χ1) is 12.9. The quantitative estimate of drug-likeness (QED) is 0.655. The van der Waals surface area contributed by atoms with E-state index in [9.17, 15) is 18.0 Å². The summed E-state index contributed by atoms with van der Waals surface area (Å²) in [6.07, 6.45) is 1.47. The SMILES string of the molecule is O=C(OCC(=O)N(c1ccccc1)C1C=CS(=O)(=O)C1)c1ccc(Br)cc1. The number of anilines is 1. The third-order valence-corrected chi connectivity index (χ3v) is 5.86. The molecule has 1 aliphatic heterocycles. The second-order valence-electron chi connectivity index (χ2n) is 5.91. The molecule has 2 aromatic carbocycles. The second-order valence-corrected chi connectivity index (χ2v) is 8.75. The van der Waals surface area contributed by atoms with Crippen LogP contribution >= 0.6 is 15.9 Å². The van der Waals surface area contributed by atoms with Crippen molar-refractivity contribution in [1.29, 1.82) is 0 Å². The average Bonchev–Trinajstić information content (AvgIpc) is 3.00. The first kappa shape index (κ1) is 19.3. The number of hydrogen-bond donors (Lipinski definition) is 0. The summed E-state index contributed by atoms with van der Waals surface area (Å²) < 4.78 is 29.5. The van der Waals surface area contributed by atoms with Gasteiger partial charge >= 0.3 is 5.97 Å². The number of rotatable bonds is 5. The number of esters is 1. The lowest BCUT2D eigenvalue weighted by Gasteiger charge is -2.27. The number of benzene rings is 2. The fourth-order valence-electron chi connectivity index (χ4n) is 2.70. The predicted octanol–water partition coefficient (Wildman–Crippen LogP) is 2.95. The van der Waals surface area contributed by atoms with Gasteiger partial charge in [0.25, 0.3) is 5.91 Å². The third kappa shape index (κ3) is 4.84. The maximum atomic E-state index is 12.7. The van der Waals surface area contributed by atoms with Crippen LogP contribution in [-0.2, 0) is 19.4 Å². The van der Waals surface area contributed by atoms with Gasteiger partial charge in [-0.3, -0.25) is 4.79 Å². The van der Waals surface area contributed by atoms with E-state index >= 15 is 0 Å². The standard InChI is InChI=1S/C19H16BrNO5S/c20-15-8-6-14(7-9-15)19(23)26-12-18(22)21(16-4-2-1-3-5-16)17-10-11-27(24,25)13-17/h1-11,17H,12-13H2. The zero-order valence-corrected chi connectivity index (χ0v) is 16.5. The fourth-order valence-corrected chi connectivity index (χ4v) is 4.23. The van der Waals surface area contributed by atoms with E-state index < -0.39 is 34.4 Å². The summed E-state index contributed by atoms with van der Waals surface area (Å²) in [4.78, 5) is 26.2. The van der Waals surface area contributed by atoms with E-state index in [0.29, 0.717) is 11.3 Å². The maximum Gasteiger partial charge on any atom is 0.338 e. The summed E-state index contributed by atoms with van der Waals surface area (Å²) in [5, 5.41) is 1.11. The third-order valence-electron chi connectivity index (χ3n) is 3.95. The van der Waals surface area contributed by atoms with Gasteiger partial charge in [0.15, 0.2) is 16.4 Å². The number of carbonyl (C=O) groups excluding carboxylic acids is 2. The van der Waals surface area contributed by atoms with Gasteiger partial charge in [0.2, 0.25) is 0 Å². The Bertz CT molecular complexity index is 971. The summed E-state index contributed by atoms with van der Waals surface area (Å²) in [5.41, 5.74) is 0.856. The highest BCUT2D eigenvalue weighted by Crippen LogP contribution is 2.23. The first-order valence-corrected chi connectivity index (χ1v) is 10.6. The average molecular weight is 450 g/mol. The summed E-state index contributed by atoms with van der Waals surface area (Å²) in [6.45, 7) is -0.492. The molecule has 2 aromatic rings. The summed E-state index contributed by atoms with van der Waals surface area (Å²) in [5.74, 6) is -1.33. The number of amides is 1. The van der Waals surface area contributed by atoms with Crippen LogP contribution in [0.2, 0.25) is 0 Å². The van der Waals surface area contributed by atoms with Crippen molar-refractivity contribution >= 4 is 43.3 Å². The minimum Gasteiger partial charge on any atom is -0.452 e. The number of nitrogens with zero attached hydrogens (tertiary/aromatic N) is 1. The molecule has 140 valence electrons. The highest BCUT2D eigenvalue weighted by atomic mass is 79.9. The van der Waals surface area contributed by atoms with Gasteiger partial charge in [-0.05, 0) is 42.5 Å². The van der Waals surface area contributed by atoms with Crippen LogP contribution in [0.3, 0.4) is 0 Å². The number of ether oxygens (including phenoxy) is 1. The zero-order valence-electron chi connectivity index (χ0n) is 14.1. The molecule has 0 saturated heterocycles. The van der Waals surface area contributed by atoms with Gasteiger partial charge in [-0.25, -0.2) is 13.2 Å². The van der Waals surface area contributed by atoms with E-state index in [4.69, 9.17) is 4.74 Å². The molecular formula is C19H16BrNO5S. The summed E-state index contributed by atoms with van der Waals surface area (Å²) in [6, 6.07) is 14.6. The van der Waals surface area contributed by atoms with Gasteiger partial charge in [0, 0.05) is 15.6 Å². The lowest BCUT2D eigenvalue weighted by atomic mass is 10.2. The van der Waals surface area contributed by atoms with E-state index in [1.807, 2.05) is 0 Å². The molecule has 1 heterocycles. The molecule has 6 nitrogen and oxygen atoms in total. The molecule has 1 amide bonds. The smallest absolute Gasteiger partial charge is 0.338 e. The molecule has 1 atom stereocenters. The van der Waals surface area contributed by atoms with Crippen molar-refractivity contribution < 1.29 is 22.7 Å². The topological polar surface area (TPSA) is 80.8 Å². The van der Waals surface area contributed by atoms with Crippen LogP contribution in [0.4, 0.5) is 5.69 Å². The highest BCUT2D eigenvalue weighted by Gasteiger charge is 2.31. The van der Waals surface area contributed by atoms with Crippen molar-refractivity contribution in [3.63, 3.8) is 0 Å². The monoisotopic (exact) mass is 449 g/mol. The van der Waals surface area contributed by atoms with E-state index in [-0.39, 0.29) is 5.75 Å². The Morgan fingerprint density at radius 3 is 2.33 bits per heavy atom. The van der Waals surface area contributed by atoms with Crippen LogP contribution in [0.15, 0.2) is 70.6 Å². The molecule has 0 aliphatic carbocycles. The Hall–Kier alpha value is -2.45. The maximum absolute atomic E-state index is 12.7. The molecular weight excluding hydrogens is 434 g/mol. The Morgan fingerprint density at radius 2 is 1.74 bits per heavy atom. The molecule has 0 N–H and O–H groups in total. The van der Waals surface area contributed by atoms with Crippen molar-refractivity contribution in [2.75, 3.05) is 17.3 Å². The molecule has 0 radical (unpaired) electrons. The van der Waals surface area contributed by atoms with Crippen molar-refractivity contribution in [2.24, 2.45) is 0 Å². The molecule has 27 heavy (non-hydrogen) atoms. The molecule has 0 saturated carbocycles. The molecule has 0 aromatic heterocycles. The van der Waals surface area contributed by atoms with E-state index in [1.165, 1.54) is 11.0 Å². The summed E-state index contributed by atoms with van der Waals surface area (Å²) in [7, 11) is -3.35. The number of hydrogen-bond acceptors (Lipinski definition) is 5. The number of para-hydroxylation sites is 1. The number of halogens is 1. The molecule has 1 aliphatic rings. The van der Waals surface area contributed by atoms with Crippen molar-refractivity contribution in [1.82, 2.24) is 0 Å². The Kier molecular flexibility index (Phi) is 5.76. The van der Waals surface area contributed by atoms with E-state index in [0.717, 1.165) is 9.88 Å². The molecule has 3 rings (SSSR count). The fraction of sp³-hybridized carbons (Fsp3) is 0.158. The van der Waals surface area contributed by atoms with Crippen LogP contribution in [0.25, 0.3) is 0 Å². The summed E-state index contributed by atoms with van der Waals surface area (Å²) >= 11 is 3.28. The molecule has 0 fully saturated rings. The molecule has 8 heteroatoms. The largest absolute Gasteiger partial charge is 0.452 e. The number of sulfone groups is 1. The van der Waals surface area contributed by atoms with Gasteiger partial charge in [-0.15, -0.1) is 0 Å². The number of carbonyl (C=O) groups is 2. The van der Waals surface area contributed by atoms with Crippen molar-refractivity contribution in [3.8, 4) is 0 Å². The lowest BCUT2D eigenvalue weighted by molar-refractivity contribution is -0.121. The van der Waals surface area contributed by atoms with Crippen LogP contribution in [0.1, 0.15) is 10.4 Å². The zero-order chi connectivity index (χ0) is 19.4. The van der Waals surface area contributed by atoms with Crippen LogP contribution in [-0.4, -0.2) is 38.7 Å². The van der Waals surface area contributed by atoms with Gasteiger partial charge in [-0.2, -0.15) is 0 Å². The van der Waals surface area contributed by atoms with Crippen LogP contribution < -0.4 is 4.90 Å². The van der Waals surface area contributed by atoms with Crippen molar-refractivity contribution in [2.45, 2.75) is 6.04 Å². The predicted molar refractivity (Wildman–Crippen MR) is 105 cm³/mol. The van der Waals surface area contributed by atoms with Crippen LogP contribution in [0, 0.1) is 0 Å². The normalized spacial score (nSPS) is 17.4. The van der Waals surface area contributed by atoms with Gasteiger partial charge < -0.3 is 9.64 Å². The molecule has 1 unspecified atom stereocenters. The van der Waals surface area contributed by atoms with E-state index in [2.05, 4.69) is 15.9 Å². The lowest BCUT2D eigenvalue weighted by Crippen LogP contribution is -2.43. The first-order valence-electron chi connectivity index (χ1n) is 8.06. The van der Waals surface area contributed by atoms with Gasteiger partial charge in [-0.1, -0.05) is 34.1 Å². The van der Waals surface area contributed by atoms with Crippen LogP contribution in [0.5, 0.6) is 0 Å². The van der Waals surface area contributed by atoms with Gasteiger partial charge in [0.05, 0.1) is 17.4 Å². The van der Waals surface area contributed by atoms with Crippen molar-refractivity contribution in [3.05, 3.63) is 76.1 Å². The molecule has 0 bridgehead atoms. The van der Waals surface area contributed by atoms with E-state index in [1.54, 1.807) is 54.6 Å². The highest BCUT2D eigenvalue weighted by molar-refractivity contribution is 9.10. The minimum absolute atomic E-state index is 0.200. The minimum atomic E-state index is -3.35. The van der Waals surface area contributed by atoms with Gasteiger partial charge in [0.1, 0.15) is 0 Å². The Labute approximate surface area is 165 Å². The molecule has 0 spiro atoms. The Morgan fingerprint density at radius 1 is 1.07 bits per heavy atom. The second kappa shape index (κ2) is 8.06. The Balaban J connectivity index is 1.74.